The van der Waals surface area contributed by atoms with E-state index < -0.39 is 16.1 Å². The van der Waals surface area contributed by atoms with E-state index in [2.05, 4.69) is 17.1 Å². The van der Waals surface area contributed by atoms with Gasteiger partial charge in [-0.1, -0.05) is 54.9 Å². The summed E-state index contributed by atoms with van der Waals surface area (Å²) < 4.78 is 33.5. The normalized spacial score (nSPS) is 17.7. The number of sulfonamides is 1. The first-order valence-electron chi connectivity index (χ1n) is 10.0. The molecule has 0 bridgehead atoms. The maximum Gasteiger partial charge on any atom is 0.245 e. The largest absolute Gasteiger partial charge is 0.337 e. The molecule has 7 heteroatoms. The number of hydrogen-bond donors (Lipinski definition) is 0. The van der Waals surface area contributed by atoms with Gasteiger partial charge in [-0.2, -0.15) is 9.29 Å². The van der Waals surface area contributed by atoms with Gasteiger partial charge in [0.15, 0.2) is 0 Å². The van der Waals surface area contributed by atoms with Crippen LogP contribution in [0.5, 0.6) is 0 Å². The third-order valence-corrected chi connectivity index (χ3v) is 7.31. The third-order valence-electron chi connectivity index (χ3n) is 5.39. The van der Waals surface area contributed by atoms with E-state index in [4.69, 9.17) is 4.52 Å². The Balaban J connectivity index is 1.61. The molecule has 6 nitrogen and oxygen atoms in total. The van der Waals surface area contributed by atoms with Crippen LogP contribution in [-0.4, -0.2) is 29.4 Å². The standard InChI is InChI=1S/C22H25N3O3S/c1-3-7-17-11-13-18(14-12-17)29(26,27)25-15-6-10-20(25)22-23-21(24-28-22)19-9-5-4-8-16(19)2/h4-5,8-9,11-14,20H,3,6-7,10,15H2,1-2H3. The van der Waals surface area contributed by atoms with Gasteiger partial charge in [0.2, 0.25) is 21.7 Å². The van der Waals surface area contributed by atoms with Crippen LogP contribution in [0.2, 0.25) is 0 Å². The molecule has 1 fully saturated rings. The van der Waals surface area contributed by atoms with Gasteiger partial charge in [0.05, 0.1) is 4.90 Å². The third kappa shape index (κ3) is 3.84. The molecule has 29 heavy (non-hydrogen) atoms. The monoisotopic (exact) mass is 411 g/mol. The molecule has 0 radical (unpaired) electrons. The molecule has 1 aliphatic heterocycles. The van der Waals surface area contributed by atoms with Gasteiger partial charge in [-0.15, -0.1) is 0 Å². The smallest absolute Gasteiger partial charge is 0.245 e. The van der Waals surface area contributed by atoms with Crippen LogP contribution in [0, 0.1) is 6.92 Å². The van der Waals surface area contributed by atoms with Crippen LogP contribution in [0.1, 0.15) is 49.2 Å². The average molecular weight is 412 g/mol. The first-order valence-corrected chi connectivity index (χ1v) is 11.4. The highest BCUT2D eigenvalue weighted by Crippen LogP contribution is 2.36. The Morgan fingerprint density at radius 3 is 2.62 bits per heavy atom. The van der Waals surface area contributed by atoms with E-state index in [9.17, 15) is 8.42 Å². The van der Waals surface area contributed by atoms with Crippen molar-refractivity contribution in [2.75, 3.05) is 6.54 Å². The van der Waals surface area contributed by atoms with Gasteiger partial charge in [-0.3, -0.25) is 0 Å². The minimum absolute atomic E-state index is 0.308. The summed E-state index contributed by atoms with van der Waals surface area (Å²) in [5, 5.41) is 4.11. The highest BCUT2D eigenvalue weighted by Gasteiger charge is 2.39. The molecule has 0 aliphatic carbocycles. The average Bonchev–Trinajstić information content (AvgIpc) is 3.39. The fourth-order valence-electron chi connectivity index (χ4n) is 3.83. The van der Waals surface area contributed by atoms with Crippen molar-refractivity contribution in [2.24, 2.45) is 0 Å². The molecule has 1 saturated heterocycles. The molecule has 1 atom stereocenters. The van der Waals surface area contributed by atoms with E-state index in [1.807, 2.05) is 43.3 Å². The van der Waals surface area contributed by atoms with Crippen molar-refractivity contribution in [1.82, 2.24) is 14.4 Å². The lowest BCUT2D eigenvalue weighted by Gasteiger charge is -2.21. The molecule has 0 saturated carbocycles. The lowest BCUT2D eigenvalue weighted by Crippen LogP contribution is -2.30. The number of rotatable bonds is 6. The summed E-state index contributed by atoms with van der Waals surface area (Å²) in [4.78, 5) is 4.84. The zero-order chi connectivity index (χ0) is 20.4. The highest BCUT2D eigenvalue weighted by molar-refractivity contribution is 7.89. The van der Waals surface area contributed by atoms with E-state index >= 15 is 0 Å². The molecule has 2 heterocycles. The van der Waals surface area contributed by atoms with Crippen LogP contribution >= 0.6 is 0 Å². The lowest BCUT2D eigenvalue weighted by atomic mass is 10.1. The summed E-state index contributed by atoms with van der Waals surface area (Å²) in [7, 11) is -3.63. The first-order chi connectivity index (χ1) is 14.0. The summed E-state index contributed by atoms with van der Waals surface area (Å²) >= 11 is 0. The van der Waals surface area contributed by atoms with Crippen LogP contribution in [0.15, 0.2) is 57.9 Å². The molecule has 0 amide bonds. The van der Waals surface area contributed by atoms with Gasteiger partial charge < -0.3 is 4.52 Å². The Bertz CT molecular complexity index is 1090. The minimum Gasteiger partial charge on any atom is -0.337 e. The molecule has 4 rings (SSSR count). The molecule has 152 valence electrons. The number of benzene rings is 2. The molecule has 1 unspecified atom stereocenters. The quantitative estimate of drug-likeness (QED) is 0.596. The van der Waals surface area contributed by atoms with Crippen LogP contribution in [-0.2, 0) is 16.4 Å². The summed E-state index contributed by atoms with van der Waals surface area (Å²) in [6.07, 6.45) is 3.40. The van der Waals surface area contributed by atoms with Gasteiger partial charge >= 0.3 is 0 Å². The van der Waals surface area contributed by atoms with Crippen LogP contribution in [0.3, 0.4) is 0 Å². The van der Waals surface area contributed by atoms with Crippen molar-refractivity contribution in [1.29, 1.82) is 0 Å². The van der Waals surface area contributed by atoms with Gasteiger partial charge in [0, 0.05) is 12.1 Å². The second-order valence-corrected chi connectivity index (χ2v) is 9.33. The molecule has 1 aliphatic rings. The molecule has 1 aromatic heterocycles. The van der Waals surface area contributed by atoms with E-state index in [1.165, 1.54) is 4.31 Å². The zero-order valence-electron chi connectivity index (χ0n) is 16.7. The Morgan fingerprint density at radius 1 is 1.14 bits per heavy atom. The second-order valence-electron chi connectivity index (χ2n) is 7.44. The van der Waals surface area contributed by atoms with Crippen molar-refractivity contribution >= 4 is 10.0 Å². The van der Waals surface area contributed by atoms with Gasteiger partial charge in [-0.25, -0.2) is 8.42 Å². The van der Waals surface area contributed by atoms with Crippen molar-refractivity contribution in [3.05, 3.63) is 65.5 Å². The maximum atomic E-state index is 13.3. The van der Waals surface area contributed by atoms with E-state index in [1.54, 1.807) is 12.1 Å². The lowest BCUT2D eigenvalue weighted by molar-refractivity contribution is 0.290. The number of nitrogens with zero attached hydrogens (tertiary/aromatic N) is 3. The molecule has 2 aromatic carbocycles. The predicted octanol–water partition coefficient (Wildman–Crippen LogP) is 4.52. The Labute approximate surface area is 171 Å². The van der Waals surface area contributed by atoms with E-state index in [-0.39, 0.29) is 0 Å². The first kappa shape index (κ1) is 19.8. The number of hydrogen-bond acceptors (Lipinski definition) is 5. The summed E-state index contributed by atoms with van der Waals surface area (Å²) in [6, 6.07) is 14.6. The minimum atomic E-state index is -3.63. The van der Waals surface area contributed by atoms with Crippen molar-refractivity contribution < 1.29 is 12.9 Å². The molecule has 3 aromatic rings. The van der Waals surface area contributed by atoms with E-state index in [0.717, 1.165) is 36.0 Å². The molecule has 0 N–H and O–H groups in total. The Kier molecular flexibility index (Phi) is 5.52. The van der Waals surface area contributed by atoms with Crippen molar-refractivity contribution in [3.8, 4) is 11.4 Å². The van der Waals surface area contributed by atoms with E-state index in [0.29, 0.717) is 29.6 Å². The Morgan fingerprint density at radius 2 is 1.90 bits per heavy atom. The Hall–Kier alpha value is -2.51. The molecular formula is C22H25N3O3S. The predicted molar refractivity (Wildman–Crippen MR) is 111 cm³/mol. The highest BCUT2D eigenvalue weighted by atomic mass is 32.2. The molecule has 0 spiro atoms. The fourth-order valence-corrected chi connectivity index (χ4v) is 5.48. The van der Waals surface area contributed by atoms with Gasteiger partial charge in [0.25, 0.3) is 0 Å². The van der Waals surface area contributed by atoms with Gasteiger partial charge in [-0.05, 0) is 49.4 Å². The van der Waals surface area contributed by atoms with Crippen molar-refractivity contribution in [2.45, 2.75) is 50.5 Å². The SMILES string of the molecule is CCCc1ccc(S(=O)(=O)N2CCCC2c2nc(-c3ccccc3C)no2)cc1. The topological polar surface area (TPSA) is 76.3 Å². The number of aromatic nitrogens is 2. The van der Waals surface area contributed by atoms with Crippen LogP contribution in [0.25, 0.3) is 11.4 Å². The zero-order valence-corrected chi connectivity index (χ0v) is 17.5. The maximum absolute atomic E-state index is 13.3. The van der Waals surface area contributed by atoms with Crippen molar-refractivity contribution in [3.63, 3.8) is 0 Å². The van der Waals surface area contributed by atoms with Crippen LogP contribution in [0.4, 0.5) is 0 Å². The molecular weight excluding hydrogens is 386 g/mol. The second kappa shape index (κ2) is 8.08. The number of aryl methyl sites for hydroxylation is 2. The summed E-state index contributed by atoms with van der Waals surface area (Å²) in [5.41, 5.74) is 3.08. The van der Waals surface area contributed by atoms with Crippen LogP contribution < -0.4 is 0 Å². The summed E-state index contributed by atoms with van der Waals surface area (Å²) in [6.45, 7) is 4.54. The summed E-state index contributed by atoms with van der Waals surface area (Å²) in [5.74, 6) is 0.846. The fraction of sp³-hybridized carbons (Fsp3) is 0.364. The van der Waals surface area contributed by atoms with Gasteiger partial charge in [0.1, 0.15) is 6.04 Å².